The van der Waals surface area contributed by atoms with E-state index in [-0.39, 0.29) is 6.61 Å². The van der Waals surface area contributed by atoms with E-state index in [9.17, 15) is 9.59 Å². The molecule has 1 unspecified atom stereocenters. The third kappa shape index (κ3) is 4.99. The Morgan fingerprint density at radius 2 is 2.11 bits per heavy atom. The highest BCUT2D eigenvalue weighted by molar-refractivity contribution is 6.01. The minimum absolute atomic E-state index is 0.216. The lowest BCUT2D eigenvalue weighted by Crippen LogP contribution is -2.49. The van der Waals surface area contributed by atoms with E-state index in [1.807, 2.05) is 0 Å². The monoisotopic (exact) mass is 259 g/mol. The van der Waals surface area contributed by atoms with Crippen LogP contribution in [0.2, 0.25) is 0 Å². The maximum absolute atomic E-state index is 11.5. The van der Waals surface area contributed by atoms with Crippen molar-refractivity contribution in [3.63, 3.8) is 0 Å². The molecule has 104 valence electrons. The number of morpholine rings is 1. The Kier molecular flexibility index (Phi) is 6.63. The Labute approximate surface area is 107 Å². The number of amides is 1. The highest BCUT2D eigenvalue weighted by Gasteiger charge is 2.23. The van der Waals surface area contributed by atoms with Gasteiger partial charge in [0.05, 0.1) is 19.8 Å². The van der Waals surface area contributed by atoms with Crippen molar-refractivity contribution in [3.8, 4) is 0 Å². The van der Waals surface area contributed by atoms with Crippen LogP contribution in [0.5, 0.6) is 0 Å². The fraction of sp³-hybridized carbons (Fsp3) is 0.818. The number of nitrogens with zero attached hydrogens (tertiary/aromatic N) is 1. The normalized spacial score (nSPS) is 18.1. The molecule has 3 N–H and O–H groups in total. The Morgan fingerprint density at radius 3 is 2.72 bits per heavy atom. The molecule has 0 radical (unpaired) electrons. The van der Waals surface area contributed by atoms with Crippen LogP contribution in [0.25, 0.3) is 0 Å². The number of ether oxygens (including phenoxy) is 2. The first-order chi connectivity index (χ1) is 8.65. The van der Waals surface area contributed by atoms with Gasteiger partial charge in [0, 0.05) is 26.2 Å². The van der Waals surface area contributed by atoms with Gasteiger partial charge in [-0.2, -0.15) is 0 Å². The maximum Gasteiger partial charge on any atom is 0.332 e. The lowest BCUT2D eigenvalue weighted by molar-refractivity contribution is -0.147. The molecule has 1 amide bonds. The molecule has 0 spiro atoms. The number of nitrogens with two attached hydrogens (primary N) is 1. The first kappa shape index (κ1) is 14.9. The van der Waals surface area contributed by atoms with Crippen molar-refractivity contribution in [1.29, 1.82) is 0 Å². The molecule has 0 aromatic rings. The van der Waals surface area contributed by atoms with E-state index in [0.717, 1.165) is 32.8 Å². The van der Waals surface area contributed by atoms with Gasteiger partial charge in [0.1, 0.15) is 0 Å². The molecule has 1 atom stereocenters. The number of rotatable bonds is 6. The van der Waals surface area contributed by atoms with E-state index >= 15 is 0 Å². The Balaban J connectivity index is 2.17. The Hall–Kier alpha value is -1.18. The zero-order chi connectivity index (χ0) is 13.4. The van der Waals surface area contributed by atoms with E-state index in [0.29, 0.717) is 6.54 Å². The van der Waals surface area contributed by atoms with Gasteiger partial charge in [-0.3, -0.25) is 9.69 Å². The van der Waals surface area contributed by atoms with Crippen LogP contribution in [0.1, 0.15) is 6.92 Å². The van der Waals surface area contributed by atoms with Gasteiger partial charge >= 0.3 is 5.97 Å². The van der Waals surface area contributed by atoms with Gasteiger partial charge in [-0.15, -0.1) is 0 Å². The van der Waals surface area contributed by atoms with Crippen molar-refractivity contribution in [2.24, 2.45) is 5.73 Å². The summed E-state index contributed by atoms with van der Waals surface area (Å²) in [4.78, 5) is 24.9. The smallest absolute Gasteiger partial charge is 0.332 e. The second-order valence-corrected chi connectivity index (χ2v) is 3.97. The second kappa shape index (κ2) is 8.02. The Bertz CT molecular complexity index is 279. The van der Waals surface area contributed by atoms with E-state index in [2.05, 4.69) is 15.0 Å². The molecule has 0 bridgehead atoms. The van der Waals surface area contributed by atoms with Crippen LogP contribution >= 0.6 is 0 Å². The SMILES string of the molecule is CCOC(=O)C(N)C(=O)NCCN1CCOCC1. The van der Waals surface area contributed by atoms with Crippen LogP contribution < -0.4 is 11.1 Å². The number of esters is 1. The molecule has 18 heavy (non-hydrogen) atoms. The van der Waals surface area contributed by atoms with E-state index in [1.165, 1.54) is 0 Å². The average Bonchev–Trinajstić information content (AvgIpc) is 2.39. The number of carbonyl (C=O) groups is 2. The van der Waals surface area contributed by atoms with Crippen molar-refractivity contribution in [2.45, 2.75) is 13.0 Å². The van der Waals surface area contributed by atoms with Crippen LogP contribution in [0.4, 0.5) is 0 Å². The third-order valence-corrected chi connectivity index (χ3v) is 2.65. The van der Waals surface area contributed by atoms with Gasteiger partial charge in [-0.1, -0.05) is 0 Å². The average molecular weight is 259 g/mol. The van der Waals surface area contributed by atoms with E-state index in [4.69, 9.17) is 10.5 Å². The van der Waals surface area contributed by atoms with Crippen molar-refractivity contribution in [1.82, 2.24) is 10.2 Å². The molecule has 7 heteroatoms. The van der Waals surface area contributed by atoms with E-state index < -0.39 is 17.9 Å². The summed E-state index contributed by atoms with van der Waals surface area (Å²) in [5.74, 6) is -1.19. The van der Waals surface area contributed by atoms with Gasteiger partial charge in [0.15, 0.2) is 6.04 Å². The molecule has 1 fully saturated rings. The molecule has 0 aromatic heterocycles. The molecule has 1 rings (SSSR count). The number of hydrogen-bond acceptors (Lipinski definition) is 6. The minimum atomic E-state index is -1.24. The molecule has 1 aliphatic rings. The van der Waals surface area contributed by atoms with Crippen LogP contribution in [0, 0.1) is 0 Å². The zero-order valence-electron chi connectivity index (χ0n) is 10.7. The molecule has 0 saturated carbocycles. The predicted molar refractivity (Wildman–Crippen MR) is 64.9 cm³/mol. The molecule has 7 nitrogen and oxygen atoms in total. The third-order valence-electron chi connectivity index (χ3n) is 2.65. The van der Waals surface area contributed by atoms with Gasteiger partial charge in [0.25, 0.3) is 0 Å². The number of hydrogen-bond donors (Lipinski definition) is 2. The van der Waals surface area contributed by atoms with Crippen LogP contribution in [-0.2, 0) is 19.1 Å². The summed E-state index contributed by atoms with van der Waals surface area (Å²) < 4.78 is 9.88. The van der Waals surface area contributed by atoms with Crippen LogP contribution in [-0.4, -0.2) is 68.8 Å². The Morgan fingerprint density at radius 1 is 1.44 bits per heavy atom. The predicted octanol–water partition coefficient (Wildman–Crippen LogP) is -1.67. The van der Waals surface area contributed by atoms with Crippen molar-refractivity contribution in [3.05, 3.63) is 0 Å². The maximum atomic E-state index is 11.5. The standard InChI is InChI=1S/C11H21N3O4/c1-2-18-11(16)9(12)10(15)13-3-4-14-5-7-17-8-6-14/h9H,2-8,12H2,1H3,(H,13,15). The second-order valence-electron chi connectivity index (χ2n) is 3.97. The quantitative estimate of drug-likeness (QED) is 0.437. The zero-order valence-corrected chi connectivity index (χ0v) is 10.7. The highest BCUT2D eigenvalue weighted by Crippen LogP contribution is 1.95. The number of carbonyl (C=O) groups excluding carboxylic acids is 2. The lowest BCUT2D eigenvalue weighted by Gasteiger charge is -2.26. The number of nitrogens with one attached hydrogen (secondary N) is 1. The lowest BCUT2D eigenvalue weighted by atomic mass is 10.3. The fourth-order valence-corrected chi connectivity index (χ4v) is 1.61. The van der Waals surface area contributed by atoms with Crippen molar-refractivity contribution in [2.75, 3.05) is 46.0 Å². The molecular weight excluding hydrogens is 238 g/mol. The summed E-state index contributed by atoms with van der Waals surface area (Å²) in [5, 5.41) is 2.62. The molecule has 1 aliphatic heterocycles. The summed E-state index contributed by atoms with van der Waals surface area (Å²) in [7, 11) is 0. The summed E-state index contributed by atoms with van der Waals surface area (Å²) in [6.45, 7) is 6.23. The summed E-state index contributed by atoms with van der Waals surface area (Å²) >= 11 is 0. The van der Waals surface area contributed by atoms with E-state index in [1.54, 1.807) is 6.92 Å². The summed E-state index contributed by atoms with van der Waals surface area (Å²) in [5.41, 5.74) is 5.45. The highest BCUT2D eigenvalue weighted by atomic mass is 16.5. The largest absolute Gasteiger partial charge is 0.464 e. The molecule has 1 saturated heterocycles. The summed E-state index contributed by atoms with van der Waals surface area (Å²) in [6.07, 6.45) is 0. The first-order valence-electron chi connectivity index (χ1n) is 6.15. The fourth-order valence-electron chi connectivity index (χ4n) is 1.61. The van der Waals surface area contributed by atoms with Crippen molar-refractivity contribution < 1.29 is 19.1 Å². The van der Waals surface area contributed by atoms with Gasteiger partial charge < -0.3 is 20.5 Å². The topological polar surface area (TPSA) is 93.9 Å². The van der Waals surface area contributed by atoms with Crippen molar-refractivity contribution >= 4 is 11.9 Å². The van der Waals surface area contributed by atoms with Crippen LogP contribution in [0.15, 0.2) is 0 Å². The molecular formula is C11H21N3O4. The summed E-state index contributed by atoms with van der Waals surface area (Å²) in [6, 6.07) is -1.24. The molecule has 0 aromatic carbocycles. The first-order valence-corrected chi connectivity index (χ1v) is 6.15. The molecule has 1 heterocycles. The van der Waals surface area contributed by atoms with Crippen LogP contribution in [0.3, 0.4) is 0 Å². The van der Waals surface area contributed by atoms with Gasteiger partial charge in [-0.25, -0.2) is 4.79 Å². The molecule has 0 aliphatic carbocycles. The van der Waals surface area contributed by atoms with Gasteiger partial charge in [0.2, 0.25) is 5.91 Å². The minimum Gasteiger partial charge on any atom is -0.464 e. The van der Waals surface area contributed by atoms with Gasteiger partial charge in [-0.05, 0) is 6.92 Å².